The van der Waals surface area contributed by atoms with Crippen LogP contribution in [0.1, 0.15) is 72.7 Å². The van der Waals surface area contributed by atoms with Gasteiger partial charge in [0.25, 0.3) is 0 Å². The van der Waals surface area contributed by atoms with Crippen molar-refractivity contribution in [1.82, 2.24) is 20.3 Å². The van der Waals surface area contributed by atoms with Gasteiger partial charge in [-0.1, -0.05) is 166 Å². The van der Waals surface area contributed by atoms with E-state index >= 15 is 0 Å². The Hall–Kier alpha value is -7.96. The van der Waals surface area contributed by atoms with Gasteiger partial charge in [-0.3, -0.25) is 4.98 Å². The first-order valence-corrected chi connectivity index (χ1v) is 22.6. The molecule has 0 aliphatic heterocycles. The van der Waals surface area contributed by atoms with Crippen LogP contribution in [0.25, 0.3) is 71.8 Å². The Kier molecular flexibility index (Phi) is 11.6. The van der Waals surface area contributed by atoms with Crippen molar-refractivity contribution in [3.63, 3.8) is 0 Å². The van der Waals surface area contributed by atoms with E-state index in [1.807, 2.05) is 55.0 Å². The van der Waals surface area contributed by atoms with Gasteiger partial charge in [-0.25, -0.2) is 15.0 Å². The molecule has 0 spiro atoms. The maximum Gasteiger partial charge on any atom is 0.131 e. The van der Waals surface area contributed by atoms with Crippen LogP contribution in [0, 0.1) is 0 Å². The number of aryl methyl sites for hydroxylation is 1. The maximum absolute atomic E-state index is 6.69. The van der Waals surface area contributed by atoms with Crippen LogP contribution in [0.15, 0.2) is 200 Å². The summed E-state index contributed by atoms with van der Waals surface area (Å²) in [7, 11) is 0. The highest BCUT2D eigenvalue weighted by atomic mass is 14.9. The number of amidine groups is 1. The molecule has 0 saturated carbocycles. The molecule has 9 aromatic rings. The summed E-state index contributed by atoms with van der Waals surface area (Å²) in [4.78, 5) is 20.2. The van der Waals surface area contributed by atoms with Crippen LogP contribution in [0.3, 0.4) is 0 Å². The summed E-state index contributed by atoms with van der Waals surface area (Å²) < 4.78 is 0. The number of nitrogens with one attached hydrogen (secondary N) is 1. The number of hydrogen-bond donors (Lipinski definition) is 2. The Balaban J connectivity index is 0.955. The number of nitrogens with zero attached hydrogens (tertiary/aromatic N) is 4. The zero-order valence-electron chi connectivity index (χ0n) is 36.7. The zero-order chi connectivity index (χ0) is 44.1. The van der Waals surface area contributed by atoms with Gasteiger partial charge in [-0.05, 0) is 88.7 Å². The topological polar surface area (TPSA) is 89.1 Å². The lowest BCUT2D eigenvalue weighted by Crippen LogP contribution is -2.17. The minimum atomic E-state index is 0.0370. The number of benzene rings is 6. The molecule has 6 aromatic carbocycles. The van der Waals surface area contributed by atoms with E-state index in [0.29, 0.717) is 5.84 Å². The summed E-state index contributed by atoms with van der Waals surface area (Å²) >= 11 is 0. The lowest BCUT2D eigenvalue weighted by molar-refractivity contribution is 0.603. The number of aliphatic imine (C=N–C) groups is 1. The summed E-state index contributed by atoms with van der Waals surface area (Å²) in [5.41, 5.74) is 22.5. The second-order valence-electron chi connectivity index (χ2n) is 16.6. The number of hydrogen-bond acceptors (Lipinski definition) is 5. The number of fused-ring (bicyclic) bond motifs is 4. The first-order chi connectivity index (χ1) is 32.0. The van der Waals surface area contributed by atoms with Crippen LogP contribution in [0.5, 0.6) is 0 Å². The average Bonchev–Trinajstić information content (AvgIpc) is 3.38. The smallest absolute Gasteiger partial charge is 0.131 e. The molecule has 316 valence electrons. The lowest BCUT2D eigenvalue weighted by atomic mass is 9.91. The Bertz CT molecular complexity index is 3310. The van der Waals surface area contributed by atoms with Crippen LogP contribution in [0.4, 0.5) is 0 Å². The average molecular weight is 843 g/mol. The standard InChI is InChI=1S/C59H50N6/c1-3-39-35-55(41-15-7-5-8-16-41)64-58-51(39)31-29-43-30-32-54(63-57(43)58)48-23-13-20-45(33-48)40-25-27-42(28-26-40)56(65-59(60)44-17-9-6-10-18-44)38-62-53(4-2)47-22-14-21-46(34-47)52-37-61-36-49-19-11-12-24-50(49)52/h5-12,14-19,21-38,53,62H,3-4,13,20H2,1-2H3,(H2,60,65)/b56-38-. The normalized spacial score (nSPS) is 13.8. The van der Waals surface area contributed by atoms with E-state index in [-0.39, 0.29) is 6.04 Å². The van der Waals surface area contributed by atoms with Crippen molar-refractivity contribution >= 4 is 55.3 Å². The number of aromatic nitrogens is 3. The fourth-order valence-electron chi connectivity index (χ4n) is 9.00. The van der Waals surface area contributed by atoms with Gasteiger partial charge in [-0.15, -0.1) is 0 Å². The molecule has 0 amide bonds. The minimum Gasteiger partial charge on any atom is -0.383 e. The van der Waals surface area contributed by atoms with E-state index < -0.39 is 0 Å². The molecule has 1 aliphatic rings. The van der Waals surface area contributed by atoms with Crippen LogP contribution in [-0.2, 0) is 6.42 Å². The Morgan fingerprint density at radius 1 is 0.662 bits per heavy atom. The van der Waals surface area contributed by atoms with Crippen LogP contribution in [0.2, 0.25) is 0 Å². The van der Waals surface area contributed by atoms with Crippen molar-refractivity contribution < 1.29 is 0 Å². The van der Waals surface area contributed by atoms with Crippen molar-refractivity contribution in [1.29, 1.82) is 0 Å². The van der Waals surface area contributed by atoms with Crippen molar-refractivity contribution in [2.75, 3.05) is 0 Å². The third-order valence-electron chi connectivity index (χ3n) is 12.5. The Morgan fingerprint density at radius 2 is 1.42 bits per heavy atom. The highest BCUT2D eigenvalue weighted by Gasteiger charge is 2.16. The van der Waals surface area contributed by atoms with Gasteiger partial charge in [0.05, 0.1) is 34.2 Å². The largest absolute Gasteiger partial charge is 0.383 e. The molecule has 3 heterocycles. The van der Waals surface area contributed by atoms with E-state index in [1.54, 1.807) is 0 Å². The first kappa shape index (κ1) is 41.1. The SMILES string of the molecule is CCc1cc(-c2ccccc2)nc2c1ccc1ccc(C3=CCCC(c4ccc(C(=C/NC(CC)c5cccc(-c6cncc7ccccc67)c5)/N=C(\N)c5ccccc5)cc4)=C3)nc12. The molecule has 0 saturated heterocycles. The fraction of sp³-hybridized carbons (Fsp3) is 0.119. The molecule has 1 atom stereocenters. The van der Waals surface area contributed by atoms with Crippen molar-refractivity contribution in [3.8, 4) is 22.4 Å². The molecule has 0 bridgehead atoms. The van der Waals surface area contributed by atoms with E-state index in [2.05, 4.69) is 164 Å². The third-order valence-corrected chi connectivity index (χ3v) is 12.5. The molecular weight excluding hydrogens is 793 g/mol. The molecule has 3 N–H and O–H groups in total. The first-order valence-electron chi connectivity index (χ1n) is 22.6. The van der Waals surface area contributed by atoms with Crippen molar-refractivity contribution in [3.05, 3.63) is 228 Å². The van der Waals surface area contributed by atoms with E-state index in [4.69, 9.17) is 20.7 Å². The van der Waals surface area contributed by atoms with E-state index in [0.717, 1.165) is 103 Å². The molecule has 1 aliphatic carbocycles. The molecule has 6 nitrogen and oxygen atoms in total. The Morgan fingerprint density at radius 3 is 2.23 bits per heavy atom. The predicted molar refractivity (Wildman–Crippen MR) is 272 cm³/mol. The van der Waals surface area contributed by atoms with Crippen LogP contribution >= 0.6 is 0 Å². The minimum absolute atomic E-state index is 0.0370. The van der Waals surface area contributed by atoms with Gasteiger partial charge in [0.15, 0.2) is 0 Å². The van der Waals surface area contributed by atoms with Crippen LogP contribution < -0.4 is 11.1 Å². The number of rotatable bonds is 12. The van der Waals surface area contributed by atoms with E-state index in [9.17, 15) is 0 Å². The molecule has 65 heavy (non-hydrogen) atoms. The van der Waals surface area contributed by atoms with Gasteiger partial charge in [0.2, 0.25) is 0 Å². The number of allylic oxidation sites excluding steroid dienone is 4. The molecule has 1 unspecified atom stereocenters. The fourth-order valence-corrected chi connectivity index (χ4v) is 9.00. The van der Waals surface area contributed by atoms with Gasteiger partial charge < -0.3 is 11.1 Å². The number of pyridine rings is 3. The highest BCUT2D eigenvalue weighted by molar-refractivity contribution is 6.06. The van der Waals surface area contributed by atoms with Gasteiger partial charge in [0, 0.05) is 57.0 Å². The Labute approximate surface area is 380 Å². The van der Waals surface area contributed by atoms with Crippen LogP contribution in [-0.4, -0.2) is 20.8 Å². The third kappa shape index (κ3) is 8.59. The quantitative estimate of drug-likeness (QED) is 0.0726. The summed E-state index contributed by atoms with van der Waals surface area (Å²) in [6, 6.07) is 57.2. The molecular formula is C59H50N6. The summed E-state index contributed by atoms with van der Waals surface area (Å²) in [5.74, 6) is 0.457. The molecule has 3 aromatic heterocycles. The summed E-state index contributed by atoms with van der Waals surface area (Å²) in [6.45, 7) is 4.41. The second-order valence-corrected chi connectivity index (χ2v) is 16.6. The molecule has 6 heteroatoms. The number of nitrogens with two attached hydrogens (primary N) is 1. The molecule has 0 radical (unpaired) electrons. The monoisotopic (exact) mass is 842 g/mol. The summed E-state index contributed by atoms with van der Waals surface area (Å²) in [5, 5.41) is 8.29. The van der Waals surface area contributed by atoms with E-state index in [1.165, 1.54) is 27.6 Å². The zero-order valence-corrected chi connectivity index (χ0v) is 36.7. The van der Waals surface area contributed by atoms with Gasteiger partial charge in [-0.2, -0.15) is 0 Å². The predicted octanol–water partition coefficient (Wildman–Crippen LogP) is 13.9. The maximum atomic E-state index is 6.69. The lowest BCUT2D eigenvalue weighted by Gasteiger charge is -2.19. The van der Waals surface area contributed by atoms with Gasteiger partial charge in [0.1, 0.15) is 5.84 Å². The highest BCUT2D eigenvalue weighted by Crippen LogP contribution is 2.35. The van der Waals surface area contributed by atoms with Gasteiger partial charge >= 0.3 is 0 Å². The van der Waals surface area contributed by atoms with Crippen molar-refractivity contribution in [2.45, 2.75) is 45.6 Å². The van der Waals surface area contributed by atoms with Crippen molar-refractivity contribution in [2.24, 2.45) is 10.7 Å². The second kappa shape index (κ2) is 18.4. The molecule has 0 fully saturated rings. The summed E-state index contributed by atoms with van der Waals surface area (Å²) in [6.07, 6.45) is 14.2. The molecule has 10 rings (SSSR count).